The number of amides is 1. The molecule has 20 heavy (non-hydrogen) atoms. The molecule has 0 unspecified atom stereocenters. The Kier molecular flexibility index (Phi) is 5.15. The van der Waals surface area contributed by atoms with Crippen molar-refractivity contribution >= 4 is 11.6 Å². The highest BCUT2D eigenvalue weighted by atomic mass is 16.3. The standard InChI is InChI=1S/C16H24N2O2/c1-12-5-3-8-15(13(12)2)17-16(20)11-18(9-10-19)14-6-4-7-14/h3,5,8,14,19H,4,6-7,9-11H2,1-2H3,(H,17,20). The molecule has 0 spiro atoms. The van der Waals surface area contributed by atoms with Gasteiger partial charge in [-0.05, 0) is 43.9 Å². The van der Waals surface area contributed by atoms with Crippen LogP contribution in [0.3, 0.4) is 0 Å². The molecule has 110 valence electrons. The fourth-order valence-electron chi connectivity index (χ4n) is 2.53. The van der Waals surface area contributed by atoms with Crippen LogP contribution in [-0.2, 0) is 4.79 Å². The minimum atomic E-state index is -0.000880. The topological polar surface area (TPSA) is 52.6 Å². The summed E-state index contributed by atoms with van der Waals surface area (Å²) in [5.41, 5.74) is 3.17. The summed E-state index contributed by atoms with van der Waals surface area (Å²) < 4.78 is 0. The van der Waals surface area contributed by atoms with E-state index in [2.05, 4.69) is 10.2 Å². The summed E-state index contributed by atoms with van der Waals surface area (Å²) in [6.07, 6.45) is 3.50. The molecule has 1 fully saturated rings. The summed E-state index contributed by atoms with van der Waals surface area (Å²) in [5.74, 6) is -0.000880. The molecule has 0 bridgehead atoms. The van der Waals surface area contributed by atoms with E-state index in [0.717, 1.165) is 24.1 Å². The lowest BCUT2D eigenvalue weighted by atomic mass is 9.91. The molecule has 0 heterocycles. The van der Waals surface area contributed by atoms with Crippen molar-refractivity contribution in [3.8, 4) is 0 Å². The van der Waals surface area contributed by atoms with E-state index in [1.54, 1.807) is 0 Å². The number of aryl methyl sites for hydroxylation is 1. The van der Waals surface area contributed by atoms with Gasteiger partial charge in [-0.2, -0.15) is 0 Å². The number of nitrogens with one attached hydrogen (secondary N) is 1. The maximum Gasteiger partial charge on any atom is 0.238 e. The van der Waals surface area contributed by atoms with E-state index in [-0.39, 0.29) is 12.5 Å². The second-order valence-corrected chi connectivity index (χ2v) is 5.57. The Labute approximate surface area is 120 Å². The van der Waals surface area contributed by atoms with Gasteiger partial charge in [0.1, 0.15) is 0 Å². The summed E-state index contributed by atoms with van der Waals surface area (Å²) in [6, 6.07) is 6.39. The molecule has 0 saturated heterocycles. The van der Waals surface area contributed by atoms with Gasteiger partial charge in [-0.15, -0.1) is 0 Å². The van der Waals surface area contributed by atoms with Crippen LogP contribution in [-0.4, -0.2) is 41.7 Å². The monoisotopic (exact) mass is 276 g/mol. The van der Waals surface area contributed by atoms with E-state index >= 15 is 0 Å². The van der Waals surface area contributed by atoms with Crippen LogP contribution in [0.1, 0.15) is 30.4 Å². The highest BCUT2D eigenvalue weighted by Gasteiger charge is 2.26. The van der Waals surface area contributed by atoms with Crippen LogP contribution in [0.2, 0.25) is 0 Å². The van der Waals surface area contributed by atoms with Gasteiger partial charge in [0.15, 0.2) is 0 Å². The summed E-state index contributed by atoms with van der Waals surface area (Å²) in [5, 5.41) is 12.1. The fraction of sp³-hybridized carbons (Fsp3) is 0.562. The van der Waals surface area contributed by atoms with Gasteiger partial charge >= 0.3 is 0 Å². The Bertz CT molecular complexity index is 470. The number of hydrogen-bond donors (Lipinski definition) is 2. The average molecular weight is 276 g/mol. The first-order chi connectivity index (χ1) is 9.61. The van der Waals surface area contributed by atoms with Gasteiger partial charge in [-0.25, -0.2) is 0 Å². The number of carbonyl (C=O) groups is 1. The second-order valence-electron chi connectivity index (χ2n) is 5.57. The zero-order chi connectivity index (χ0) is 14.5. The summed E-state index contributed by atoms with van der Waals surface area (Å²) in [4.78, 5) is 14.3. The van der Waals surface area contributed by atoms with Gasteiger partial charge in [0, 0.05) is 18.3 Å². The first-order valence-electron chi connectivity index (χ1n) is 7.33. The lowest BCUT2D eigenvalue weighted by Gasteiger charge is -2.36. The van der Waals surface area contributed by atoms with E-state index in [9.17, 15) is 4.79 Å². The predicted octanol–water partition coefficient (Wildman–Crippen LogP) is 2.09. The normalized spacial score (nSPS) is 15.2. The lowest BCUT2D eigenvalue weighted by Crippen LogP contribution is -2.45. The van der Waals surface area contributed by atoms with Crippen molar-refractivity contribution in [2.75, 3.05) is 25.0 Å². The molecule has 0 atom stereocenters. The third-order valence-electron chi connectivity index (χ3n) is 4.20. The number of benzene rings is 1. The van der Waals surface area contributed by atoms with Crippen molar-refractivity contribution in [2.45, 2.75) is 39.2 Å². The quantitative estimate of drug-likeness (QED) is 0.836. The molecule has 1 aliphatic rings. The van der Waals surface area contributed by atoms with Gasteiger partial charge in [-0.3, -0.25) is 9.69 Å². The molecule has 1 saturated carbocycles. The highest BCUT2D eigenvalue weighted by Crippen LogP contribution is 2.24. The van der Waals surface area contributed by atoms with Crippen LogP contribution in [0.15, 0.2) is 18.2 Å². The number of hydrogen-bond acceptors (Lipinski definition) is 3. The molecule has 1 aliphatic carbocycles. The van der Waals surface area contributed by atoms with Gasteiger partial charge in [0.25, 0.3) is 0 Å². The van der Waals surface area contributed by atoms with E-state index < -0.39 is 0 Å². The number of anilines is 1. The average Bonchev–Trinajstić information content (AvgIpc) is 2.33. The zero-order valence-electron chi connectivity index (χ0n) is 12.4. The van der Waals surface area contributed by atoms with Crippen LogP contribution < -0.4 is 5.32 Å². The molecule has 0 aromatic heterocycles. The van der Waals surface area contributed by atoms with E-state index in [1.165, 1.54) is 12.0 Å². The molecule has 0 radical (unpaired) electrons. The van der Waals surface area contributed by atoms with Crippen LogP contribution in [0.5, 0.6) is 0 Å². The largest absolute Gasteiger partial charge is 0.395 e. The Morgan fingerprint density at radius 1 is 1.40 bits per heavy atom. The van der Waals surface area contributed by atoms with Gasteiger partial charge in [0.2, 0.25) is 5.91 Å². The molecular weight excluding hydrogens is 252 g/mol. The maximum atomic E-state index is 12.2. The molecule has 4 heteroatoms. The van der Waals surface area contributed by atoms with Crippen molar-refractivity contribution < 1.29 is 9.90 Å². The van der Waals surface area contributed by atoms with E-state index in [0.29, 0.717) is 19.1 Å². The Balaban J connectivity index is 1.95. The molecule has 1 aromatic rings. The van der Waals surface area contributed by atoms with Crippen molar-refractivity contribution in [3.63, 3.8) is 0 Å². The van der Waals surface area contributed by atoms with Crippen LogP contribution in [0.4, 0.5) is 5.69 Å². The fourth-order valence-corrected chi connectivity index (χ4v) is 2.53. The van der Waals surface area contributed by atoms with Gasteiger partial charge < -0.3 is 10.4 Å². The van der Waals surface area contributed by atoms with Crippen LogP contribution in [0, 0.1) is 13.8 Å². The number of rotatable bonds is 6. The van der Waals surface area contributed by atoms with Gasteiger partial charge in [-0.1, -0.05) is 18.6 Å². The molecule has 4 nitrogen and oxygen atoms in total. The van der Waals surface area contributed by atoms with Gasteiger partial charge in [0.05, 0.1) is 13.2 Å². The number of nitrogens with zero attached hydrogens (tertiary/aromatic N) is 1. The minimum Gasteiger partial charge on any atom is -0.395 e. The smallest absolute Gasteiger partial charge is 0.238 e. The Morgan fingerprint density at radius 2 is 2.15 bits per heavy atom. The molecule has 1 aromatic carbocycles. The molecule has 1 amide bonds. The molecule has 0 aliphatic heterocycles. The second kappa shape index (κ2) is 6.86. The van der Waals surface area contributed by atoms with Crippen LogP contribution in [0.25, 0.3) is 0 Å². The molecular formula is C16H24N2O2. The minimum absolute atomic E-state index is 0.000880. The van der Waals surface area contributed by atoms with Crippen molar-refractivity contribution in [3.05, 3.63) is 29.3 Å². The number of carbonyl (C=O) groups excluding carboxylic acids is 1. The lowest BCUT2D eigenvalue weighted by molar-refractivity contribution is -0.118. The first kappa shape index (κ1) is 15.0. The highest BCUT2D eigenvalue weighted by molar-refractivity contribution is 5.93. The maximum absolute atomic E-state index is 12.2. The number of aliphatic hydroxyl groups excluding tert-OH is 1. The summed E-state index contributed by atoms with van der Waals surface area (Å²) in [7, 11) is 0. The molecule has 2 rings (SSSR count). The van der Waals surface area contributed by atoms with E-state index in [1.807, 2.05) is 32.0 Å². The summed E-state index contributed by atoms with van der Waals surface area (Å²) >= 11 is 0. The summed E-state index contributed by atoms with van der Waals surface area (Å²) in [6.45, 7) is 5.09. The zero-order valence-corrected chi connectivity index (χ0v) is 12.4. The SMILES string of the molecule is Cc1cccc(NC(=O)CN(CCO)C2CCC2)c1C. The third kappa shape index (κ3) is 3.58. The van der Waals surface area contributed by atoms with Crippen LogP contribution >= 0.6 is 0 Å². The Hall–Kier alpha value is -1.39. The third-order valence-corrected chi connectivity index (χ3v) is 4.20. The van der Waals surface area contributed by atoms with Crippen molar-refractivity contribution in [2.24, 2.45) is 0 Å². The number of aliphatic hydroxyl groups is 1. The first-order valence-corrected chi connectivity index (χ1v) is 7.33. The van der Waals surface area contributed by atoms with Crippen molar-refractivity contribution in [1.82, 2.24) is 4.90 Å². The van der Waals surface area contributed by atoms with E-state index in [4.69, 9.17) is 5.11 Å². The Morgan fingerprint density at radius 3 is 2.75 bits per heavy atom. The predicted molar refractivity (Wildman–Crippen MR) is 80.8 cm³/mol. The molecule has 2 N–H and O–H groups in total. The van der Waals surface area contributed by atoms with Crippen molar-refractivity contribution in [1.29, 1.82) is 0 Å².